The first kappa shape index (κ1) is 17.2. The second-order valence-corrected chi connectivity index (χ2v) is 7.97. The molecule has 1 aliphatic rings. The third-order valence-electron chi connectivity index (χ3n) is 4.06. The first-order chi connectivity index (χ1) is 11.6. The number of amides is 1. The molecule has 128 valence electrons. The number of thiophene rings is 1. The zero-order chi connectivity index (χ0) is 17.1. The molecule has 1 aliphatic carbocycles. The standard InChI is InChI=1S/C17H21N3O2S2/c1-3-9-20-16(22)14-12-6-4-5-7-13(12)24-15(14)19-17(20)23-10-8-18-11(2)21/h3H,1,4-10H2,2H3,(H,18,21). The molecule has 2 aromatic heterocycles. The molecule has 3 rings (SSSR count). The molecule has 1 N–H and O–H groups in total. The van der Waals surface area contributed by atoms with Gasteiger partial charge in [0.25, 0.3) is 5.56 Å². The topological polar surface area (TPSA) is 64.0 Å². The van der Waals surface area contributed by atoms with Crippen LogP contribution in [-0.2, 0) is 24.2 Å². The molecule has 0 aromatic carbocycles. The number of fused-ring (bicyclic) bond motifs is 3. The maximum atomic E-state index is 13.0. The lowest BCUT2D eigenvalue weighted by atomic mass is 9.97. The highest BCUT2D eigenvalue weighted by Crippen LogP contribution is 2.34. The van der Waals surface area contributed by atoms with Crippen molar-refractivity contribution >= 4 is 39.2 Å². The molecule has 0 saturated heterocycles. The number of allylic oxidation sites excluding steroid dienone is 1. The minimum atomic E-state index is -0.0478. The third kappa shape index (κ3) is 3.42. The summed E-state index contributed by atoms with van der Waals surface area (Å²) in [5, 5.41) is 4.28. The van der Waals surface area contributed by atoms with Gasteiger partial charge in [0.2, 0.25) is 5.91 Å². The first-order valence-corrected chi connectivity index (χ1v) is 9.95. The van der Waals surface area contributed by atoms with E-state index in [1.54, 1.807) is 22.0 Å². The van der Waals surface area contributed by atoms with Crippen LogP contribution in [0.5, 0.6) is 0 Å². The average Bonchev–Trinajstić information content (AvgIpc) is 2.93. The van der Waals surface area contributed by atoms with E-state index in [4.69, 9.17) is 4.98 Å². The maximum Gasteiger partial charge on any atom is 0.263 e. The van der Waals surface area contributed by atoms with E-state index in [1.807, 2.05) is 0 Å². The third-order valence-corrected chi connectivity index (χ3v) is 6.22. The van der Waals surface area contributed by atoms with Crippen molar-refractivity contribution in [2.24, 2.45) is 0 Å². The van der Waals surface area contributed by atoms with Crippen LogP contribution in [0.15, 0.2) is 22.6 Å². The fraction of sp³-hybridized carbons (Fsp3) is 0.471. The molecule has 1 amide bonds. The predicted molar refractivity (Wildman–Crippen MR) is 100 cm³/mol. The Labute approximate surface area is 149 Å². The zero-order valence-corrected chi connectivity index (χ0v) is 15.4. The molecule has 0 spiro atoms. The molecular formula is C17H21N3O2S2. The van der Waals surface area contributed by atoms with E-state index in [2.05, 4.69) is 11.9 Å². The van der Waals surface area contributed by atoms with E-state index in [0.29, 0.717) is 24.0 Å². The SMILES string of the molecule is C=CCn1c(SCCNC(C)=O)nc2sc3c(c2c1=O)CCCC3. The highest BCUT2D eigenvalue weighted by molar-refractivity contribution is 7.99. The lowest BCUT2D eigenvalue weighted by Crippen LogP contribution is -2.25. The van der Waals surface area contributed by atoms with E-state index in [9.17, 15) is 9.59 Å². The second kappa shape index (κ2) is 7.53. The zero-order valence-electron chi connectivity index (χ0n) is 13.8. The van der Waals surface area contributed by atoms with Crippen molar-refractivity contribution in [2.45, 2.75) is 44.3 Å². The molecule has 0 bridgehead atoms. The molecule has 0 radical (unpaired) electrons. The number of thioether (sulfide) groups is 1. The first-order valence-electron chi connectivity index (χ1n) is 8.15. The number of hydrogen-bond acceptors (Lipinski definition) is 5. The number of carbonyl (C=O) groups is 1. The van der Waals surface area contributed by atoms with Gasteiger partial charge in [0, 0.05) is 30.6 Å². The van der Waals surface area contributed by atoms with Crippen LogP contribution in [0, 0.1) is 0 Å². The van der Waals surface area contributed by atoms with Gasteiger partial charge in [-0.2, -0.15) is 0 Å². The lowest BCUT2D eigenvalue weighted by molar-refractivity contribution is -0.118. The Bertz CT molecular complexity index is 838. The summed E-state index contributed by atoms with van der Waals surface area (Å²) >= 11 is 3.17. The molecule has 24 heavy (non-hydrogen) atoms. The van der Waals surface area contributed by atoms with Crippen molar-refractivity contribution in [3.8, 4) is 0 Å². The van der Waals surface area contributed by atoms with E-state index in [0.717, 1.165) is 29.5 Å². The number of aryl methyl sites for hydroxylation is 2. The Morgan fingerprint density at radius 3 is 3.00 bits per heavy atom. The number of hydrogen-bond donors (Lipinski definition) is 1. The summed E-state index contributed by atoms with van der Waals surface area (Å²) in [6, 6.07) is 0. The minimum Gasteiger partial charge on any atom is -0.356 e. The highest BCUT2D eigenvalue weighted by atomic mass is 32.2. The Balaban J connectivity index is 1.98. The Morgan fingerprint density at radius 1 is 1.46 bits per heavy atom. The molecule has 7 heteroatoms. The quantitative estimate of drug-likeness (QED) is 0.371. The van der Waals surface area contributed by atoms with E-state index >= 15 is 0 Å². The lowest BCUT2D eigenvalue weighted by Gasteiger charge is -2.12. The highest BCUT2D eigenvalue weighted by Gasteiger charge is 2.21. The van der Waals surface area contributed by atoms with Crippen molar-refractivity contribution in [2.75, 3.05) is 12.3 Å². The summed E-state index contributed by atoms with van der Waals surface area (Å²) in [5.41, 5.74) is 1.26. The van der Waals surface area contributed by atoms with Crippen LogP contribution in [0.25, 0.3) is 10.2 Å². The molecule has 2 heterocycles. The summed E-state index contributed by atoms with van der Waals surface area (Å²) in [7, 11) is 0. The van der Waals surface area contributed by atoms with Crippen LogP contribution < -0.4 is 10.9 Å². The van der Waals surface area contributed by atoms with Gasteiger partial charge < -0.3 is 5.32 Å². The Morgan fingerprint density at radius 2 is 2.25 bits per heavy atom. The summed E-state index contributed by atoms with van der Waals surface area (Å²) in [5.74, 6) is 0.633. The van der Waals surface area contributed by atoms with Gasteiger partial charge in [0.1, 0.15) is 4.83 Å². The Kier molecular flexibility index (Phi) is 5.40. The fourth-order valence-corrected chi connectivity index (χ4v) is 5.15. The predicted octanol–water partition coefficient (Wildman–Crippen LogP) is 2.75. The summed E-state index contributed by atoms with van der Waals surface area (Å²) in [4.78, 5) is 30.9. The van der Waals surface area contributed by atoms with Gasteiger partial charge in [0.05, 0.1) is 5.39 Å². The smallest absolute Gasteiger partial charge is 0.263 e. The largest absolute Gasteiger partial charge is 0.356 e. The number of rotatable bonds is 6. The normalized spacial score (nSPS) is 13.7. The van der Waals surface area contributed by atoms with Gasteiger partial charge in [-0.3, -0.25) is 14.2 Å². The minimum absolute atomic E-state index is 0.0429. The molecule has 0 saturated carbocycles. The van der Waals surface area contributed by atoms with E-state index < -0.39 is 0 Å². The summed E-state index contributed by atoms with van der Waals surface area (Å²) in [6.07, 6.45) is 6.11. The van der Waals surface area contributed by atoms with Gasteiger partial charge in [-0.25, -0.2) is 4.98 Å². The molecule has 0 aliphatic heterocycles. The van der Waals surface area contributed by atoms with Crippen LogP contribution in [0.2, 0.25) is 0 Å². The van der Waals surface area contributed by atoms with E-state index in [-0.39, 0.29) is 11.5 Å². The number of nitrogens with zero attached hydrogens (tertiary/aromatic N) is 2. The van der Waals surface area contributed by atoms with Gasteiger partial charge in [-0.1, -0.05) is 17.8 Å². The summed E-state index contributed by atoms with van der Waals surface area (Å²) < 4.78 is 1.70. The van der Waals surface area contributed by atoms with Crippen LogP contribution >= 0.6 is 23.1 Å². The van der Waals surface area contributed by atoms with Crippen molar-refractivity contribution in [3.63, 3.8) is 0 Å². The molecule has 2 aromatic rings. The average molecular weight is 364 g/mol. The fourth-order valence-electron chi connectivity index (χ4n) is 2.99. The van der Waals surface area contributed by atoms with Crippen molar-refractivity contribution in [3.05, 3.63) is 33.4 Å². The van der Waals surface area contributed by atoms with Crippen molar-refractivity contribution in [1.29, 1.82) is 0 Å². The van der Waals surface area contributed by atoms with Gasteiger partial charge in [-0.05, 0) is 31.2 Å². The van der Waals surface area contributed by atoms with Gasteiger partial charge in [0.15, 0.2) is 5.16 Å². The van der Waals surface area contributed by atoms with Crippen LogP contribution in [-0.4, -0.2) is 27.8 Å². The number of carbonyl (C=O) groups excluding carboxylic acids is 1. The molecule has 0 fully saturated rings. The van der Waals surface area contributed by atoms with Crippen molar-refractivity contribution in [1.82, 2.24) is 14.9 Å². The molecule has 5 nitrogen and oxygen atoms in total. The van der Waals surface area contributed by atoms with Crippen molar-refractivity contribution < 1.29 is 4.79 Å². The van der Waals surface area contributed by atoms with Crippen LogP contribution in [0.3, 0.4) is 0 Å². The van der Waals surface area contributed by atoms with E-state index in [1.165, 1.54) is 35.5 Å². The second-order valence-electron chi connectivity index (χ2n) is 5.82. The number of nitrogens with one attached hydrogen (secondary N) is 1. The molecule has 0 unspecified atom stereocenters. The molecule has 0 atom stereocenters. The number of aromatic nitrogens is 2. The molecular weight excluding hydrogens is 342 g/mol. The van der Waals surface area contributed by atoms with Crippen LogP contribution in [0.4, 0.5) is 0 Å². The summed E-state index contributed by atoms with van der Waals surface area (Å²) in [6.45, 7) is 6.27. The van der Waals surface area contributed by atoms with Gasteiger partial charge >= 0.3 is 0 Å². The van der Waals surface area contributed by atoms with Gasteiger partial charge in [-0.15, -0.1) is 17.9 Å². The maximum absolute atomic E-state index is 13.0. The Hall–Kier alpha value is -1.60. The monoisotopic (exact) mass is 363 g/mol. The van der Waals surface area contributed by atoms with Crippen LogP contribution in [0.1, 0.15) is 30.2 Å².